The van der Waals surface area contributed by atoms with Gasteiger partial charge in [0.25, 0.3) is 0 Å². The van der Waals surface area contributed by atoms with Crippen molar-refractivity contribution in [1.29, 1.82) is 0 Å². The zero-order valence-electron chi connectivity index (χ0n) is 24.8. The lowest BCUT2D eigenvalue weighted by molar-refractivity contribution is 0.257. The summed E-state index contributed by atoms with van der Waals surface area (Å²) in [5.41, 5.74) is 6.85. The molecule has 0 unspecified atom stereocenters. The van der Waals surface area contributed by atoms with Gasteiger partial charge in [0, 0.05) is 16.7 Å². The van der Waals surface area contributed by atoms with E-state index in [0.717, 1.165) is 27.9 Å². The molecule has 39 heavy (non-hydrogen) atoms. The maximum atomic E-state index is 11.2. The SMILES string of the molecule is COc1cc(C=NNC(=Nc2ccccc2)c2cc(C(C)(C)C)c(O)c(C(C)(C)C)c2)ccc1OCC(C)C. The number of rotatable bonds is 8. The van der Waals surface area contributed by atoms with Crippen molar-refractivity contribution >= 4 is 17.7 Å². The Labute approximate surface area is 233 Å². The molecule has 0 amide bonds. The number of hydrazone groups is 1. The van der Waals surface area contributed by atoms with Gasteiger partial charge in [-0.25, -0.2) is 4.99 Å². The first-order chi connectivity index (χ1) is 18.3. The standard InChI is InChI=1S/C33H43N3O3/c1-22(2)21-39-28-16-15-23(17-29(28)38-9)20-34-36-31(35-25-13-11-10-12-14-25)24-18-26(32(3,4)5)30(37)27(19-24)33(6,7)8/h10-20,22,37H,21H2,1-9H3,(H,35,36). The van der Waals surface area contributed by atoms with Crippen LogP contribution in [-0.2, 0) is 10.8 Å². The van der Waals surface area contributed by atoms with E-state index < -0.39 is 0 Å². The molecule has 0 spiro atoms. The summed E-state index contributed by atoms with van der Waals surface area (Å²) in [6, 6.07) is 19.5. The zero-order chi connectivity index (χ0) is 28.8. The van der Waals surface area contributed by atoms with Crippen molar-refractivity contribution in [3.63, 3.8) is 0 Å². The molecular formula is C33H43N3O3. The van der Waals surface area contributed by atoms with Crippen molar-refractivity contribution in [3.05, 3.63) is 82.9 Å². The highest BCUT2D eigenvalue weighted by Gasteiger charge is 2.27. The highest BCUT2D eigenvalue weighted by atomic mass is 16.5. The van der Waals surface area contributed by atoms with E-state index in [2.05, 4.69) is 65.9 Å². The van der Waals surface area contributed by atoms with Crippen LogP contribution in [0.3, 0.4) is 0 Å². The van der Waals surface area contributed by atoms with Gasteiger partial charge in [0.15, 0.2) is 17.3 Å². The van der Waals surface area contributed by atoms with E-state index in [0.29, 0.717) is 35.6 Å². The number of nitrogens with one attached hydrogen (secondary N) is 1. The van der Waals surface area contributed by atoms with Crippen LogP contribution < -0.4 is 14.9 Å². The summed E-state index contributed by atoms with van der Waals surface area (Å²) in [6.45, 7) is 17.4. The molecule has 0 fully saturated rings. The first kappa shape index (κ1) is 29.8. The third-order valence-corrected chi connectivity index (χ3v) is 6.14. The Balaban J connectivity index is 2.03. The van der Waals surface area contributed by atoms with Crippen molar-refractivity contribution in [2.75, 3.05) is 13.7 Å². The molecule has 0 aliphatic carbocycles. The predicted molar refractivity (Wildman–Crippen MR) is 162 cm³/mol. The van der Waals surface area contributed by atoms with Crippen LogP contribution in [0.25, 0.3) is 0 Å². The minimum Gasteiger partial charge on any atom is -0.507 e. The highest BCUT2D eigenvalue weighted by molar-refractivity contribution is 6.01. The number of benzene rings is 3. The fourth-order valence-electron chi connectivity index (χ4n) is 4.01. The smallest absolute Gasteiger partial charge is 0.161 e. The molecule has 0 saturated heterocycles. The second-order valence-corrected chi connectivity index (χ2v) is 12.2. The molecule has 0 atom stereocenters. The molecular weight excluding hydrogens is 486 g/mol. The van der Waals surface area contributed by atoms with Gasteiger partial charge in [-0.1, -0.05) is 73.6 Å². The molecule has 0 aliphatic heterocycles. The Morgan fingerprint density at radius 2 is 1.51 bits per heavy atom. The van der Waals surface area contributed by atoms with Crippen molar-refractivity contribution in [2.24, 2.45) is 16.0 Å². The van der Waals surface area contributed by atoms with Crippen LogP contribution in [0.5, 0.6) is 17.2 Å². The summed E-state index contributed by atoms with van der Waals surface area (Å²) < 4.78 is 11.4. The van der Waals surface area contributed by atoms with E-state index >= 15 is 0 Å². The van der Waals surface area contributed by atoms with Gasteiger partial charge in [-0.2, -0.15) is 5.10 Å². The molecule has 0 aromatic heterocycles. The van der Waals surface area contributed by atoms with Crippen molar-refractivity contribution in [1.82, 2.24) is 5.43 Å². The lowest BCUT2D eigenvalue weighted by Gasteiger charge is -2.28. The monoisotopic (exact) mass is 529 g/mol. The molecule has 0 saturated carbocycles. The van der Waals surface area contributed by atoms with Gasteiger partial charge in [0.2, 0.25) is 0 Å². The first-order valence-electron chi connectivity index (χ1n) is 13.4. The summed E-state index contributed by atoms with van der Waals surface area (Å²) in [5, 5.41) is 15.7. The van der Waals surface area contributed by atoms with E-state index in [9.17, 15) is 5.11 Å². The number of methoxy groups -OCH3 is 1. The van der Waals surface area contributed by atoms with E-state index in [1.54, 1.807) is 13.3 Å². The van der Waals surface area contributed by atoms with Gasteiger partial charge < -0.3 is 14.6 Å². The largest absolute Gasteiger partial charge is 0.507 e. The van der Waals surface area contributed by atoms with Gasteiger partial charge in [0.05, 0.1) is 25.6 Å². The molecule has 0 radical (unpaired) electrons. The Kier molecular flexibility index (Phi) is 9.44. The van der Waals surface area contributed by atoms with Crippen LogP contribution in [0.1, 0.15) is 77.6 Å². The van der Waals surface area contributed by atoms with Crippen molar-refractivity contribution < 1.29 is 14.6 Å². The topological polar surface area (TPSA) is 75.4 Å². The van der Waals surface area contributed by atoms with E-state index in [4.69, 9.17) is 14.5 Å². The lowest BCUT2D eigenvalue weighted by Crippen LogP contribution is -2.23. The van der Waals surface area contributed by atoms with E-state index in [1.165, 1.54) is 0 Å². The van der Waals surface area contributed by atoms with Gasteiger partial charge >= 0.3 is 0 Å². The van der Waals surface area contributed by atoms with Gasteiger partial charge in [0.1, 0.15) is 5.75 Å². The third-order valence-electron chi connectivity index (χ3n) is 6.14. The maximum Gasteiger partial charge on any atom is 0.161 e. The Hall–Kier alpha value is -3.80. The molecule has 3 rings (SSSR count). The van der Waals surface area contributed by atoms with Gasteiger partial charge in [-0.15, -0.1) is 0 Å². The summed E-state index contributed by atoms with van der Waals surface area (Å²) in [5.74, 6) is 2.68. The van der Waals surface area contributed by atoms with Crippen LogP contribution >= 0.6 is 0 Å². The number of nitrogens with zero attached hydrogens (tertiary/aromatic N) is 2. The number of hydrogen-bond acceptors (Lipinski definition) is 5. The van der Waals surface area contributed by atoms with Gasteiger partial charge in [-0.3, -0.25) is 5.43 Å². The van der Waals surface area contributed by atoms with Crippen LogP contribution in [0.2, 0.25) is 0 Å². The number of aromatic hydroxyl groups is 1. The second-order valence-electron chi connectivity index (χ2n) is 12.2. The normalized spacial score (nSPS) is 12.7. The fraction of sp³-hybridized carbons (Fsp3) is 0.394. The Morgan fingerprint density at radius 1 is 0.897 bits per heavy atom. The number of phenolic OH excluding ortho intramolecular Hbond substituents is 1. The van der Waals surface area contributed by atoms with Crippen LogP contribution in [0.15, 0.2) is 70.8 Å². The molecule has 6 heteroatoms. The van der Waals surface area contributed by atoms with Crippen LogP contribution in [0.4, 0.5) is 5.69 Å². The number of phenols is 1. The van der Waals surface area contributed by atoms with E-state index in [-0.39, 0.29) is 10.8 Å². The third kappa shape index (κ3) is 8.09. The number of ether oxygens (including phenoxy) is 2. The molecule has 3 aromatic rings. The maximum absolute atomic E-state index is 11.2. The molecule has 3 aromatic carbocycles. The van der Waals surface area contributed by atoms with Crippen LogP contribution in [0, 0.1) is 5.92 Å². The second kappa shape index (κ2) is 12.4. The lowest BCUT2D eigenvalue weighted by atomic mass is 9.78. The predicted octanol–water partition coefficient (Wildman–Crippen LogP) is 7.73. The molecule has 0 aliphatic rings. The Morgan fingerprint density at radius 3 is 2.05 bits per heavy atom. The highest BCUT2D eigenvalue weighted by Crippen LogP contribution is 2.40. The number of hydrogen-bond donors (Lipinski definition) is 2. The fourth-order valence-corrected chi connectivity index (χ4v) is 4.01. The summed E-state index contributed by atoms with van der Waals surface area (Å²) >= 11 is 0. The minimum absolute atomic E-state index is 0.267. The van der Waals surface area contributed by atoms with Crippen molar-refractivity contribution in [3.8, 4) is 17.2 Å². The summed E-state index contributed by atoms with van der Waals surface area (Å²) in [6.07, 6.45) is 1.73. The summed E-state index contributed by atoms with van der Waals surface area (Å²) in [4.78, 5) is 4.89. The number of para-hydroxylation sites is 1. The number of amidine groups is 1. The molecule has 208 valence electrons. The summed E-state index contributed by atoms with van der Waals surface area (Å²) in [7, 11) is 1.63. The molecule has 0 bridgehead atoms. The molecule has 0 heterocycles. The Bertz CT molecular complexity index is 1280. The average molecular weight is 530 g/mol. The van der Waals surface area contributed by atoms with Crippen LogP contribution in [-0.4, -0.2) is 30.9 Å². The zero-order valence-corrected chi connectivity index (χ0v) is 24.8. The first-order valence-corrected chi connectivity index (χ1v) is 13.4. The minimum atomic E-state index is -0.267. The van der Waals surface area contributed by atoms with Gasteiger partial charge in [-0.05, 0) is 64.8 Å². The molecule has 2 N–H and O–H groups in total. The average Bonchev–Trinajstić information content (AvgIpc) is 2.86. The quantitative estimate of drug-likeness (QED) is 0.178. The number of aliphatic imine (C=N–C) groups is 1. The molecule has 6 nitrogen and oxygen atoms in total. The van der Waals surface area contributed by atoms with E-state index in [1.807, 2.05) is 60.7 Å². The van der Waals surface area contributed by atoms with Crippen molar-refractivity contribution in [2.45, 2.75) is 66.2 Å².